The summed E-state index contributed by atoms with van der Waals surface area (Å²) < 4.78 is 12.4. The van der Waals surface area contributed by atoms with Gasteiger partial charge >= 0.3 is 0 Å². The van der Waals surface area contributed by atoms with E-state index in [1.54, 1.807) is 0 Å². The molecule has 0 amide bonds. The van der Waals surface area contributed by atoms with Crippen LogP contribution in [0.1, 0.15) is 59.8 Å². The molecule has 1 heterocycles. The SMILES string of the molecule is CC(C)[C@H]1OC2(CCCCC2)OCC1(C)C. The predicted molar refractivity (Wildman–Crippen MR) is 65.3 cm³/mol. The molecule has 2 fully saturated rings. The van der Waals surface area contributed by atoms with Crippen molar-refractivity contribution in [3.8, 4) is 0 Å². The Labute approximate surface area is 99.7 Å². The molecule has 0 N–H and O–H groups in total. The van der Waals surface area contributed by atoms with Gasteiger partial charge in [0, 0.05) is 18.3 Å². The average molecular weight is 226 g/mol. The molecule has 1 aliphatic carbocycles. The number of hydrogen-bond acceptors (Lipinski definition) is 2. The van der Waals surface area contributed by atoms with Crippen molar-refractivity contribution in [2.24, 2.45) is 11.3 Å². The third-order valence-corrected chi connectivity index (χ3v) is 4.04. The Morgan fingerprint density at radius 3 is 2.25 bits per heavy atom. The Morgan fingerprint density at radius 2 is 1.69 bits per heavy atom. The van der Waals surface area contributed by atoms with E-state index in [0.29, 0.717) is 12.0 Å². The van der Waals surface area contributed by atoms with Gasteiger partial charge in [-0.2, -0.15) is 0 Å². The van der Waals surface area contributed by atoms with Crippen LogP contribution in [0.2, 0.25) is 0 Å². The van der Waals surface area contributed by atoms with Crippen molar-refractivity contribution in [2.45, 2.75) is 71.7 Å². The molecule has 2 nitrogen and oxygen atoms in total. The summed E-state index contributed by atoms with van der Waals surface area (Å²) in [5.41, 5.74) is 0.150. The molecular weight excluding hydrogens is 200 g/mol. The summed E-state index contributed by atoms with van der Waals surface area (Å²) >= 11 is 0. The fourth-order valence-electron chi connectivity index (χ4n) is 3.22. The van der Waals surface area contributed by atoms with Crippen LogP contribution >= 0.6 is 0 Å². The highest BCUT2D eigenvalue weighted by Crippen LogP contribution is 2.44. The van der Waals surface area contributed by atoms with Crippen molar-refractivity contribution >= 4 is 0 Å². The molecule has 2 aliphatic rings. The lowest BCUT2D eigenvalue weighted by Crippen LogP contribution is -2.55. The third-order valence-electron chi connectivity index (χ3n) is 4.04. The fourth-order valence-corrected chi connectivity index (χ4v) is 3.22. The average Bonchev–Trinajstić information content (AvgIpc) is 2.23. The summed E-state index contributed by atoms with van der Waals surface area (Å²) in [6.07, 6.45) is 6.36. The Kier molecular flexibility index (Phi) is 3.33. The lowest BCUT2D eigenvalue weighted by molar-refractivity contribution is -0.345. The second-order valence-corrected chi connectivity index (χ2v) is 6.53. The normalized spacial score (nSPS) is 33.2. The number of ether oxygens (including phenoxy) is 2. The lowest BCUT2D eigenvalue weighted by atomic mass is 9.79. The molecule has 0 aromatic rings. The third kappa shape index (κ3) is 2.28. The van der Waals surface area contributed by atoms with E-state index in [2.05, 4.69) is 27.7 Å². The highest BCUT2D eigenvalue weighted by molar-refractivity contribution is 4.90. The van der Waals surface area contributed by atoms with Gasteiger partial charge in [-0.3, -0.25) is 0 Å². The zero-order valence-corrected chi connectivity index (χ0v) is 11.2. The van der Waals surface area contributed by atoms with Crippen molar-refractivity contribution in [3.05, 3.63) is 0 Å². The van der Waals surface area contributed by atoms with E-state index < -0.39 is 0 Å². The highest BCUT2D eigenvalue weighted by Gasteiger charge is 2.47. The van der Waals surface area contributed by atoms with E-state index in [0.717, 1.165) is 19.4 Å². The maximum absolute atomic E-state index is 6.37. The fraction of sp³-hybridized carbons (Fsp3) is 1.00. The van der Waals surface area contributed by atoms with Crippen LogP contribution in [0.15, 0.2) is 0 Å². The van der Waals surface area contributed by atoms with Gasteiger partial charge in [0.25, 0.3) is 0 Å². The van der Waals surface area contributed by atoms with Crippen molar-refractivity contribution in [1.29, 1.82) is 0 Å². The quantitative estimate of drug-likeness (QED) is 0.678. The smallest absolute Gasteiger partial charge is 0.168 e. The molecule has 0 aromatic heterocycles. The second kappa shape index (κ2) is 4.30. The summed E-state index contributed by atoms with van der Waals surface area (Å²) in [4.78, 5) is 0. The molecule has 1 aliphatic heterocycles. The van der Waals surface area contributed by atoms with E-state index >= 15 is 0 Å². The van der Waals surface area contributed by atoms with Gasteiger partial charge in [-0.05, 0) is 18.8 Å². The molecule has 0 aromatic carbocycles. The Hall–Kier alpha value is -0.0800. The predicted octanol–water partition coefficient (Wildman–Crippen LogP) is 3.74. The molecule has 1 atom stereocenters. The summed E-state index contributed by atoms with van der Waals surface area (Å²) in [5.74, 6) is 0.334. The Bertz CT molecular complexity index is 239. The number of hydrogen-bond donors (Lipinski definition) is 0. The summed E-state index contributed by atoms with van der Waals surface area (Å²) in [5, 5.41) is 0. The van der Waals surface area contributed by atoms with Gasteiger partial charge < -0.3 is 9.47 Å². The molecule has 1 spiro atoms. The van der Waals surface area contributed by atoms with Crippen molar-refractivity contribution < 1.29 is 9.47 Å². The molecule has 94 valence electrons. The van der Waals surface area contributed by atoms with Crippen molar-refractivity contribution in [3.63, 3.8) is 0 Å². The van der Waals surface area contributed by atoms with E-state index in [1.165, 1.54) is 19.3 Å². The standard InChI is InChI=1S/C14H26O2/c1-11(2)12-13(3,4)10-15-14(16-12)8-6-5-7-9-14/h11-12H,5-10H2,1-4H3/t12-/m1/s1. The zero-order valence-electron chi connectivity index (χ0n) is 11.2. The van der Waals surface area contributed by atoms with E-state index in [4.69, 9.17) is 9.47 Å². The van der Waals surface area contributed by atoms with E-state index in [-0.39, 0.29) is 11.2 Å². The van der Waals surface area contributed by atoms with Crippen LogP contribution in [-0.4, -0.2) is 18.5 Å². The molecule has 2 heteroatoms. The zero-order chi connectivity index (χ0) is 11.8. The first-order valence-electron chi connectivity index (χ1n) is 6.77. The van der Waals surface area contributed by atoms with Gasteiger partial charge in [-0.25, -0.2) is 0 Å². The molecular formula is C14H26O2. The first kappa shape index (κ1) is 12.4. The van der Waals surface area contributed by atoms with E-state index in [1.807, 2.05) is 0 Å². The molecule has 0 unspecified atom stereocenters. The first-order chi connectivity index (χ1) is 7.45. The van der Waals surface area contributed by atoms with Crippen molar-refractivity contribution in [1.82, 2.24) is 0 Å². The minimum atomic E-state index is -0.233. The first-order valence-corrected chi connectivity index (χ1v) is 6.77. The number of rotatable bonds is 1. The molecule has 0 bridgehead atoms. The van der Waals surface area contributed by atoms with Crippen LogP contribution in [0.3, 0.4) is 0 Å². The largest absolute Gasteiger partial charge is 0.349 e. The second-order valence-electron chi connectivity index (χ2n) is 6.53. The van der Waals surface area contributed by atoms with Crippen LogP contribution in [0, 0.1) is 11.3 Å². The van der Waals surface area contributed by atoms with Gasteiger partial charge in [0.05, 0.1) is 12.7 Å². The highest BCUT2D eigenvalue weighted by atomic mass is 16.7. The minimum absolute atomic E-state index is 0.150. The van der Waals surface area contributed by atoms with Gasteiger partial charge in [-0.15, -0.1) is 0 Å². The van der Waals surface area contributed by atoms with Gasteiger partial charge in [0.15, 0.2) is 5.79 Å². The molecule has 1 saturated heterocycles. The van der Waals surface area contributed by atoms with Crippen LogP contribution in [-0.2, 0) is 9.47 Å². The van der Waals surface area contributed by atoms with Gasteiger partial charge in [0.1, 0.15) is 0 Å². The van der Waals surface area contributed by atoms with Crippen LogP contribution in [0.4, 0.5) is 0 Å². The van der Waals surface area contributed by atoms with Crippen molar-refractivity contribution in [2.75, 3.05) is 6.61 Å². The Morgan fingerprint density at radius 1 is 1.06 bits per heavy atom. The lowest BCUT2D eigenvalue weighted by Gasteiger charge is -2.51. The van der Waals surface area contributed by atoms with Gasteiger partial charge in [0.2, 0.25) is 0 Å². The monoisotopic (exact) mass is 226 g/mol. The molecule has 0 radical (unpaired) electrons. The van der Waals surface area contributed by atoms with Crippen LogP contribution in [0.5, 0.6) is 0 Å². The van der Waals surface area contributed by atoms with E-state index in [9.17, 15) is 0 Å². The summed E-state index contributed by atoms with van der Waals surface area (Å²) in [6, 6.07) is 0. The maximum atomic E-state index is 6.37. The Balaban J connectivity index is 2.10. The van der Waals surface area contributed by atoms with Crippen LogP contribution < -0.4 is 0 Å². The van der Waals surface area contributed by atoms with Crippen LogP contribution in [0.25, 0.3) is 0 Å². The molecule has 2 rings (SSSR count). The summed E-state index contributed by atoms with van der Waals surface area (Å²) in [7, 11) is 0. The molecule has 1 saturated carbocycles. The maximum Gasteiger partial charge on any atom is 0.168 e. The topological polar surface area (TPSA) is 18.5 Å². The molecule has 16 heavy (non-hydrogen) atoms. The minimum Gasteiger partial charge on any atom is -0.349 e. The summed E-state index contributed by atoms with van der Waals surface area (Å²) in [6.45, 7) is 9.87. The van der Waals surface area contributed by atoms with Gasteiger partial charge in [-0.1, -0.05) is 34.1 Å².